The Kier molecular flexibility index (Phi) is 5.48. The zero-order valence-corrected chi connectivity index (χ0v) is 15.3. The molecule has 0 saturated carbocycles. The van der Waals surface area contributed by atoms with Crippen LogP contribution in [0.2, 0.25) is 0 Å². The van der Waals surface area contributed by atoms with Gasteiger partial charge in [-0.3, -0.25) is 14.5 Å². The molecule has 9 heteroatoms. The summed E-state index contributed by atoms with van der Waals surface area (Å²) in [5.41, 5.74) is 0.700. The van der Waals surface area contributed by atoms with E-state index < -0.39 is 0 Å². The molecule has 2 heterocycles. The number of carbonyl (C=O) groups excluding carboxylic acids is 2. The van der Waals surface area contributed by atoms with Crippen LogP contribution in [0.15, 0.2) is 39.8 Å². The Hall–Kier alpha value is -2.52. The van der Waals surface area contributed by atoms with Crippen LogP contribution in [0.4, 0.5) is 10.2 Å². The van der Waals surface area contributed by atoms with Gasteiger partial charge in [-0.25, -0.2) is 4.39 Å². The third-order valence-corrected chi connectivity index (χ3v) is 4.88. The molecule has 1 aromatic heterocycles. The number of hydrogen-bond acceptors (Lipinski definition) is 6. The molecule has 1 aliphatic heterocycles. The number of aromatic nitrogens is 1. The highest BCUT2D eigenvalue weighted by atomic mass is 32.2. The van der Waals surface area contributed by atoms with Crippen molar-refractivity contribution in [1.29, 1.82) is 0 Å². The number of nitrogens with zero attached hydrogens (tertiary/aromatic N) is 2. The smallest absolute Gasteiger partial charge is 0.266 e. The molecule has 0 atom stereocenters. The summed E-state index contributed by atoms with van der Waals surface area (Å²) in [4.78, 5) is 26.3. The fraction of sp³-hybridized carbons (Fsp3) is 0.176. The van der Waals surface area contributed by atoms with Crippen molar-refractivity contribution in [2.75, 3.05) is 11.9 Å². The van der Waals surface area contributed by atoms with E-state index >= 15 is 0 Å². The number of benzene rings is 1. The lowest BCUT2D eigenvalue weighted by molar-refractivity contribution is -0.122. The van der Waals surface area contributed by atoms with Crippen LogP contribution >= 0.6 is 24.0 Å². The topological polar surface area (TPSA) is 75.4 Å². The normalized spacial score (nSPS) is 15.8. The van der Waals surface area contributed by atoms with Gasteiger partial charge < -0.3 is 9.84 Å². The van der Waals surface area contributed by atoms with Crippen molar-refractivity contribution >= 4 is 52.0 Å². The molecule has 2 amide bonds. The van der Waals surface area contributed by atoms with Gasteiger partial charge in [0.25, 0.3) is 5.91 Å². The number of rotatable bonds is 5. The van der Waals surface area contributed by atoms with Crippen LogP contribution < -0.4 is 5.32 Å². The lowest BCUT2D eigenvalue weighted by Gasteiger charge is -2.13. The monoisotopic (exact) mass is 391 g/mol. The maximum Gasteiger partial charge on any atom is 0.266 e. The van der Waals surface area contributed by atoms with Crippen molar-refractivity contribution in [3.8, 4) is 0 Å². The quantitative estimate of drug-likeness (QED) is 0.622. The number of nitrogens with one attached hydrogen (secondary N) is 1. The molecule has 1 fully saturated rings. The summed E-state index contributed by atoms with van der Waals surface area (Å²) in [5, 5.41) is 6.27. The van der Waals surface area contributed by atoms with Gasteiger partial charge in [0, 0.05) is 19.0 Å². The Labute approximate surface area is 158 Å². The maximum atomic E-state index is 13.0. The van der Waals surface area contributed by atoms with Crippen molar-refractivity contribution in [3.63, 3.8) is 0 Å². The highest BCUT2D eigenvalue weighted by molar-refractivity contribution is 8.26. The van der Waals surface area contributed by atoms with Crippen LogP contribution in [0.5, 0.6) is 0 Å². The summed E-state index contributed by atoms with van der Waals surface area (Å²) in [6.07, 6.45) is 1.72. The first-order chi connectivity index (χ1) is 12.4. The second kappa shape index (κ2) is 7.79. The zero-order valence-electron chi connectivity index (χ0n) is 13.7. The van der Waals surface area contributed by atoms with E-state index in [9.17, 15) is 14.0 Å². The standard InChI is InChI=1S/C17H14FN3O3S2/c1-10-8-14(20-24-10)19-15(22)6-7-21-16(23)13(26-17(21)25)9-11-2-4-12(18)5-3-11/h2-5,8-9H,6-7H2,1H3,(H,19,20,22)/b13-9+. The molecule has 134 valence electrons. The van der Waals surface area contributed by atoms with Gasteiger partial charge in [0.1, 0.15) is 15.9 Å². The summed E-state index contributed by atoms with van der Waals surface area (Å²) in [6.45, 7) is 1.88. The van der Waals surface area contributed by atoms with Crippen molar-refractivity contribution in [2.45, 2.75) is 13.3 Å². The van der Waals surface area contributed by atoms with Crippen LogP contribution in [0, 0.1) is 12.7 Å². The van der Waals surface area contributed by atoms with E-state index in [1.54, 1.807) is 31.2 Å². The number of amides is 2. The van der Waals surface area contributed by atoms with Gasteiger partial charge in [-0.05, 0) is 30.7 Å². The molecule has 1 saturated heterocycles. The van der Waals surface area contributed by atoms with Crippen LogP contribution in [0.1, 0.15) is 17.7 Å². The number of thioether (sulfide) groups is 1. The summed E-state index contributed by atoms with van der Waals surface area (Å²) >= 11 is 6.38. The maximum absolute atomic E-state index is 13.0. The largest absolute Gasteiger partial charge is 0.360 e. The van der Waals surface area contributed by atoms with E-state index in [4.69, 9.17) is 16.7 Å². The Morgan fingerprint density at radius 1 is 1.42 bits per heavy atom. The molecule has 2 aromatic rings. The number of aryl methyl sites for hydroxylation is 1. The molecule has 1 aromatic carbocycles. The Bertz CT molecular complexity index is 893. The van der Waals surface area contributed by atoms with Gasteiger partial charge in [-0.1, -0.05) is 41.3 Å². The first-order valence-electron chi connectivity index (χ1n) is 7.66. The zero-order chi connectivity index (χ0) is 18.7. The number of carbonyl (C=O) groups is 2. The minimum Gasteiger partial charge on any atom is -0.360 e. The molecule has 0 spiro atoms. The molecule has 1 N–H and O–H groups in total. The van der Waals surface area contributed by atoms with Gasteiger partial charge in [0.05, 0.1) is 4.91 Å². The summed E-state index contributed by atoms with van der Waals surface area (Å²) in [7, 11) is 0. The number of hydrogen-bond donors (Lipinski definition) is 1. The Morgan fingerprint density at radius 2 is 2.15 bits per heavy atom. The van der Waals surface area contributed by atoms with Crippen molar-refractivity contribution < 1.29 is 18.5 Å². The highest BCUT2D eigenvalue weighted by Crippen LogP contribution is 2.32. The lowest BCUT2D eigenvalue weighted by Crippen LogP contribution is -2.31. The number of thiocarbonyl (C=S) groups is 1. The van der Waals surface area contributed by atoms with Gasteiger partial charge in [0.2, 0.25) is 5.91 Å². The molecule has 6 nitrogen and oxygen atoms in total. The van der Waals surface area contributed by atoms with E-state index in [1.165, 1.54) is 17.0 Å². The van der Waals surface area contributed by atoms with Crippen LogP contribution in [0.25, 0.3) is 6.08 Å². The molecule has 0 bridgehead atoms. The minimum absolute atomic E-state index is 0.0716. The first kappa shape index (κ1) is 18.3. The number of halogens is 1. The predicted molar refractivity (Wildman–Crippen MR) is 101 cm³/mol. The van der Waals surface area contributed by atoms with Gasteiger partial charge in [0.15, 0.2) is 5.82 Å². The lowest BCUT2D eigenvalue weighted by atomic mass is 10.2. The third kappa shape index (κ3) is 4.36. The predicted octanol–water partition coefficient (Wildman–Crippen LogP) is 3.35. The summed E-state index contributed by atoms with van der Waals surface area (Å²) in [6, 6.07) is 7.40. The average Bonchev–Trinajstić information content (AvgIpc) is 3.11. The highest BCUT2D eigenvalue weighted by Gasteiger charge is 2.32. The van der Waals surface area contributed by atoms with E-state index in [2.05, 4.69) is 10.5 Å². The molecule has 26 heavy (non-hydrogen) atoms. The van der Waals surface area contributed by atoms with E-state index in [0.717, 1.165) is 11.8 Å². The van der Waals surface area contributed by atoms with Crippen LogP contribution in [-0.4, -0.2) is 32.7 Å². The molecule has 3 rings (SSSR count). The summed E-state index contributed by atoms with van der Waals surface area (Å²) < 4.78 is 18.2. The van der Waals surface area contributed by atoms with Gasteiger partial charge in [-0.2, -0.15) is 0 Å². The fourth-order valence-electron chi connectivity index (χ4n) is 2.25. The molecule has 0 radical (unpaired) electrons. The minimum atomic E-state index is -0.344. The summed E-state index contributed by atoms with van der Waals surface area (Å²) in [5.74, 6) is 0.00422. The van der Waals surface area contributed by atoms with E-state index in [-0.39, 0.29) is 30.6 Å². The Balaban J connectivity index is 1.60. The van der Waals surface area contributed by atoms with Crippen molar-refractivity contribution in [3.05, 3.63) is 52.4 Å². The van der Waals surface area contributed by atoms with E-state index in [0.29, 0.717) is 26.4 Å². The van der Waals surface area contributed by atoms with Gasteiger partial charge in [-0.15, -0.1) is 0 Å². The second-order valence-corrected chi connectivity index (χ2v) is 7.18. The second-order valence-electron chi connectivity index (χ2n) is 5.51. The molecule has 1 aliphatic rings. The molecule has 0 aliphatic carbocycles. The number of anilines is 1. The van der Waals surface area contributed by atoms with Crippen LogP contribution in [0.3, 0.4) is 0 Å². The fourth-order valence-corrected chi connectivity index (χ4v) is 3.56. The van der Waals surface area contributed by atoms with Crippen LogP contribution in [-0.2, 0) is 9.59 Å². The van der Waals surface area contributed by atoms with E-state index in [1.807, 2.05) is 0 Å². The molecular formula is C17H14FN3O3S2. The van der Waals surface area contributed by atoms with Gasteiger partial charge >= 0.3 is 0 Å². The first-order valence-corrected chi connectivity index (χ1v) is 8.89. The third-order valence-electron chi connectivity index (χ3n) is 3.50. The van der Waals surface area contributed by atoms with Crippen molar-refractivity contribution in [2.24, 2.45) is 0 Å². The molecule has 0 unspecified atom stereocenters. The SMILES string of the molecule is Cc1cc(NC(=O)CCN2C(=O)/C(=C\c3ccc(F)cc3)SC2=S)no1. The Morgan fingerprint density at radius 3 is 2.81 bits per heavy atom. The molecular weight excluding hydrogens is 377 g/mol. The average molecular weight is 391 g/mol. The van der Waals surface area contributed by atoms with Crippen molar-refractivity contribution in [1.82, 2.24) is 10.1 Å².